The third kappa shape index (κ3) is 3.99. The van der Waals surface area contributed by atoms with Crippen LogP contribution in [-0.4, -0.2) is 35.7 Å². The number of amides is 1. The number of hydrogen-bond acceptors (Lipinski definition) is 4. The van der Waals surface area contributed by atoms with Crippen molar-refractivity contribution in [3.63, 3.8) is 0 Å². The van der Waals surface area contributed by atoms with Gasteiger partial charge in [-0.2, -0.15) is 0 Å². The minimum Gasteiger partial charge on any atom is -0.457 e. The molecule has 2 aromatic rings. The third-order valence-electron chi connectivity index (χ3n) is 4.68. The Kier molecular flexibility index (Phi) is 5.46. The average Bonchev–Trinajstić information content (AvgIpc) is 3.08. The van der Waals surface area contributed by atoms with Gasteiger partial charge in [0.2, 0.25) is 5.91 Å². The number of likely N-dealkylation sites (tertiary alicyclic amines) is 1. The summed E-state index contributed by atoms with van der Waals surface area (Å²) in [7, 11) is 0. The van der Waals surface area contributed by atoms with Crippen LogP contribution < -0.4 is 0 Å². The van der Waals surface area contributed by atoms with Crippen molar-refractivity contribution in [3.05, 3.63) is 71.8 Å². The molecule has 26 heavy (non-hydrogen) atoms. The largest absolute Gasteiger partial charge is 0.457 e. The lowest BCUT2D eigenvalue weighted by molar-refractivity contribution is -0.147. The van der Waals surface area contributed by atoms with Crippen molar-refractivity contribution in [1.29, 1.82) is 0 Å². The molecule has 0 spiro atoms. The molecule has 3 rings (SSSR count). The molecule has 1 aliphatic heterocycles. The second kappa shape index (κ2) is 7.95. The van der Waals surface area contributed by atoms with E-state index in [-0.39, 0.29) is 30.8 Å². The van der Waals surface area contributed by atoms with Gasteiger partial charge in [0.25, 0.3) is 0 Å². The molecule has 1 saturated heterocycles. The van der Waals surface area contributed by atoms with E-state index in [1.807, 2.05) is 43.3 Å². The van der Waals surface area contributed by atoms with Crippen molar-refractivity contribution in [1.82, 2.24) is 4.90 Å². The molecule has 0 N–H and O–H groups in total. The number of ether oxygens (including phenoxy) is 1. The number of hydrogen-bond donors (Lipinski definition) is 0. The lowest BCUT2D eigenvalue weighted by Crippen LogP contribution is -2.30. The molecule has 1 heterocycles. The van der Waals surface area contributed by atoms with Crippen molar-refractivity contribution in [2.75, 3.05) is 13.2 Å². The van der Waals surface area contributed by atoms with E-state index < -0.39 is 11.9 Å². The van der Waals surface area contributed by atoms with E-state index in [1.165, 1.54) is 0 Å². The summed E-state index contributed by atoms with van der Waals surface area (Å²) in [6, 6.07) is 18.3. The van der Waals surface area contributed by atoms with Crippen LogP contribution in [0.2, 0.25) is 0 Å². The first-order valence-electron chi connectivity index (χ1n) is 8.65. The van der Waals surface area contributed by atoms with E-state index in [2.05, 4.69) is 0 Å². The van der Waals surface area contributed by atoms with Gasteiger partial charge < -0.3 is 9.64 Å². The van der Waals surface area contributed by atoms with Crippen molar-refractivity contribution in [3.8, 4) is 0 Å². The average molecular weight is 351 g/mol. The second-order valence-electron chi connectivity index (χ2n) is 6.43. The highest BCUT2D eigenvalue weighted by Gasteiger charge is 2.38. The van der Waals surface area contributed by atoms with Gasteiger partial charge in [0, 0.05) is 18.5 Å². The Hall–Kier alpha value is -2.95. The molecular weight excluding hydrogens is 330 g/mol. The van der Waals surface area contributed by atoms with Crippen molar-refractivity contribution in [2.24, 2.45) is 5.92 Å². The summed E-state index contributed by atoms with van der Waals surface area (Å²) in [6.07, 6.45) is 0.121. The Morgan fingerprint density at radius 2 is 1.69 bits per heavy atom. The molecule has 134 valence electrons. The predicted molar refractivity (Wildman–Crippen MR) is 96.4 cm³/mol. The maximum atomic E-state index is 12.3. The number of ketones is 1. The molecular formula is C21H21NO4. The lowest BCUT2D eigenvalue weighted by atomic mass is 10.1. The third-order valence-corrected chi connectivity index (χ3v) is 4.68. The summed E-state index contributed by atoms with van der Waals surface area (Å²) in [4.78, 5) is 38.3. The van der Waals surface area contributed by atoms with Crippen LogP contribution in [0.25, 0.3) is 0 Å². The van der Waals surface area contributed by atoms with E-state index in [0.29, 0.717) is 12.1 Å². The van der Waals surface area contributed by atoms with Crippen LogP contribution in [0.1, 0.15) is 35.3 Å². The molecule has 1 fully saturated rings. The smallest absolute Gasteiger partial charge is 0.311 e. The first-order valence-corrected chi connectivity index (χ1v) is 8.65. The lowest BCUT2D eigenvalue weighted by Gasteiger charge is -2.25. The number of carbonyl (C=O) groups excluding carboxylic acids is 3. The van der Waals surface area contributed by atoms with Gasteiger partial charge in [0.1, 0.15) is 0 Å². The summed E-state index contributed by atoms with van der Waals surface area (Å²) in [5.41, 5.74) is 1.52. The van der Waals surface area contributed by atoms with E-state index in [0.717, 1.165) is 5.56 Å². The highest BCUT2D eigenvalue weighted by atomic mass is 16.5. The van der Waals surface area contributed by atoms with Crippen LogP contribution in [0, 0.1) is 5.92 Å². The summed E-state index contributed by atoms with van der Waals surface area (Å²) in [5, 5.41) is 0. The first kappa shape index (κ1) is 17.9. The fourth-order valence-electron chi connectivity index (χ4n) is 3.14. The van der Waals surface area contributed by atoms with Gasteiger partial charge >= 0.3 is 5.97 Å². The Balaban J connectivity index is 1.56. The summed E-state index contributed by atoms with van der Waals surface area (Å²) < 4.78 is 5.16. The normalized spacial score (nSPS) is 17.8. The molecule has 2 aromatic carbocycles. The highest BCUT2D eigenvalue weighted by molar-refractivity contribution is 5.98. The van der Waals surface area contributed by atoms with Gasteiger partial charge in [-0.1, -0.05) is 60.7 Å². The Morgan fingerprint density at radius 3 is 2.35 bits per heavy atom. The molecule has 5 heteroatoms. The van der Waals surface area contributed by atoms with Gasteiger partial charge in [-0.15, -0.1) is 0 Å². The van der Waals surface area contributed by atoms with Crippen LogP contribution in [-0.2, 0) is 14.3 Å². The molecule has 2 atom stereocenters. The molecule has 1 aliphatic rings. The van der Waals surface area contributed by atoms with Gasteiger partial charge in [-0.25, -0.2) is 0 Å². The number of benzene rings is 2. The van der Waals surface area contributed by atoms with Crippen LogP contribution in [0.15, 0.2) is 60.7 Å². The summed E-state index contributed by atoms with van der Waals surface area (Å²) in [6.45, 7) is 1.95. The zero-order chi connectivity index (χ0) is 18.5. The topological polar surface area (TPSA) is 63.7 Å². The summed E-state index contributed by atoms with van der Waals surface area (Å²) >= 11 is 0. The van der Waals surface area contributed by atoms with Crippen molar-refractivity contribution >= 4 is 17.7 Å². The van der Waals surface area contributed by atoms with Gasteiger partial charge in [0.15, 0.2) is 12.4 Å². The zero-order valence-electron chi connectivity index (χ0n) is 14.6. The highest BCUT2D eigenvalue weighted by Crippen LogP contribution is 2.29. The minimum absolute atomic E-state index is 0.0716. The Bertz CT molecular complexity index is 788. The maximum absolute atomic E-state index is 12.3. The zero-order valence-corrected chi connectivity index (χ0v) is 14.6. The van der Waals surface area contributed by atoms with E-state index in [9.17, 15) is 14.4 Å². The van der Waals surface area contributed by atoms with Gasteiger partial charge in [-0.05, 0) is 12.5 Å². The molecule has 0 saturated carbocycles. The fraction of sp³-hybridized carbons (Fsp3) is 0.286. The first-order chi connectivity index (χ1) is 12.6. The second-order valence-corrected chi connectivity index (χ2v) is 6.43. The van der Waals surface area contributed by atoms with Gasteiger partial charge in [0.05, 0.1) is 12.0 Å². The molecule has 0 aliphatic carbocycles. The monoisotopic (exact) mass is 351 g/mol. The number of esters is 1. The Morgan fingerprint density at radius 1 is 1.08 bits per heavy atom. The van der Waals surface area contributed by atoms with Crippen LogP contribution in [0.4, 0.5) is 0 Å². The molecule has 0 bridgehead atoms. The number of Topliss-reactive ketones (excluding diaryl/α,β-unsaturated/α-hetero) is 1. The van der Waals surface area contributed by atoms with Crippen molar-refractivity contribution < 1.29 is 19.1 Å². The van der Waals surface area contributed by atoms with E-state index in [1.54, 1.807) is 29.2 Å². The number of carbonyl (C=O) groups is 3. The van der Waals surface area contributed by atoms with Crippen LogP contribution >= 0.6 is 0 Å². The standard InChI is InChI=1S/C21H21NO4/c1-15(16-8-4-2-5-9-16)22-13-18(12-20(22)24)21(25)26-14-19(23)17-10-6-3-7-11-17/h2-11,15,18H,12-14H2,1H3/t15-,18-/m0/s1. The molecule has 1 amide bonds. The molecule has 5 nitrogen and oxygen atoms in total. The van der Waals surface area contributed by atoms with Crippen LogP contribution in [0.5, 0.6) is 0 Å². The molecule has 0 unspecified atom stereocenters. The molecule has 0 aromatic heterocycles. The minimum atomic E-state index is -0.530. The predicted octanol–water partition coefficient (Wildman–Crippen LogP) is 3.02. The SMILES string of the molecule is C[C@@H](c1ccccc1)N1C[C@@H](C(=O)OCC(=O)c2ccccc2)CC1=O. The number of nitrogens with zero attached hydrogens (tertiary/aromatic N) is 1. The quantitative estimate of drug-likeness (QED) is 0.593. The van der Waals surface area contributed by atoms with Crippen LogP contribution in [0.3, 0.4) is 0 Å². The van der Waals surface area contributed by atoms with Crippen molar-refractivity contribution in [2.45, 2.75) is 19.4 Å². The van der Waals surface area contributed by atoms with E-state index in [4.69, 9.17) is 4.74 Å². The molecule has 0 radical (unpaired) electrons. The maximum Gasteiger partial charge on any atom is 0.311 e. The summed E-state index contributed by atoms with van der Waals surface area (Å²) in [5.74, 6) is -1.35. The Labute approximate surface area is 152 Å². The fourth-order valence-corrected chi connectivity index (χ4v) is 3.14. The van der Waals surface area contributed by atoms with E-state index >= 15 is 0 Å². The number of rotatable bonds is 6. The van der Waals surface area contributed by atoms with Gasteiger partial charge in [-0.3, -0.25) is 14.4 Å².